The molecule has 1 aliphatic heterocycles. The molecule has 0 radical (unpaired) electrons. The molecule has 0 aromatic heterocycles. The number of hydrogen-bond acceptors (Lipinski definition) is 5. The number of aromatic hydroxyl groups is 1. The minimum absolute atomic E-state index is 0.132. The largest absolute Gasteiger partial charge is 0.508 e. The number of amides is 1. The summed E-state index contributed by atoms with van der Waals surface area (Å²) in [7, 11) is 0. The van der Waals surface area contributed by atoms with Crippen LogP contribution in [-0.4, -0.2) is 48.6 Å². The van der Waals surface area contributed by atoms with Gasteiger partial charge in [0.1, 0.15) is 17.4 Å². The van der Waals surface area contributed by atoms with Gasteiger partial charge in [0, 0.05) is 38.9 Å². The Labute approximate surface area is 130 Å². The Hall–Kier alpha value is -2.52. The first-order valence-corrected chi connectivity index (χ1v) is 7.32. The number of nitriles is 1. The molecule has 22 heavy (non-hydrogen) atoms. The summed E-state index contributed by atoms with van der Waals surface area (Å²) < 4.78 is 0. The van der Waals surface area contributed by atoms with Crippen LogP contribution in [0.1, 0.15) is 5.56 Å². The molecule has 0 atom stereocenters. The van der Waals surface area contributed by atoms with Crippen LogP contribution in [0.15, 0.2) is 36.0 Å². The summed E-state index contributed by atoms with van der Waals surface area (Å²) >= 11 is 0. The van der Waals surface area contributed by atoms with Gasteiger partial charge in [-0.3, -0.25) is 4.79 Å². The minimum atomic E-state index is -0.347. The first kappa shape index (κ1) is 15.9. The second-order valence-electron chi connectivity index (χ2n) is 5.11. The van der Waals surface area contributed by atoms with E-state index in [0.29, 0.717) is 13.0 Å². The molecule has 1 aromatic rings. The highest BCUT2D eigenvalue weighted by Crippen LogP contribution is 2.09. The van der Waals surface area contributed by atoms with Crippen LogP contribution in [-0.2, 0) is 11.2 Å². The molecule has 0 bridgehead atoms. The van der Waals surface area contributed by atoms with Crippen LogP contribution in [0.25, 0.3) is 0 Å². The van der Waals surface area contributed by atoms with Gasteiger partial charge >= 0.3 is 0 Å². The van der Waals surface area contributed by atoms with Crippen molar-refractivity contribution in [3.63, 3.8) is 0 Å². The zero-order chi connectivity index (χ0) is 15.8. The van der Waals surface area contributed by atoms with Gasteiger partial charge in [-0.1, -0.05) is 12.1 Å². The van der Waals surface area contributed by atoms with Gasteiger partial charge in [0.05, 0.1) is 0 Å². The summed E-state index contributed by atoms with van der Waals surface area (Å²) in [5.74, 6) is -0.127. The molecule has 1 saturated heterocycles. The van der Waals surface area contributed by atoms with Crippen molar-refractivity contribution in [2.24, 2.45) is 0 Å². The number of benzene rings is 1. The third-order valence-electron chi connectivity index (χ3n) is 3.46. The number of hydrogen-bond donors (Lipinski definition) is 3. The summed E-state index contributed by atoms with van der Waals surface area (Å²) in [6.07, 6.45) is 2.29. The molecule has 6 heteroatoms. The van der Waals surface area contributed by atoms with Crippen LogP contribution < -0.4 is 10.6 Å². The standard InChI is InChI=1S/C16H20N4O2/c17-11-14(12-20-9-7-18-8-10-20)16(22)19-6-5-13-1-3-15(21)4-2-13/h1-4,12,18,21H,5-10H2,(H,19,22)/b14-12-. The number of carbonyl (C=O) groups excluding carboxylic acids is 1. The fraction of sp³-hybridized carbons (Fsp3) is 0.375. The maximum absolute atomic E-state index is 12.0. The Morgan fingerprint density at radius 2 is 2.05 bits per heavy atom. The topological polar surface area (TPSA) is 88.4 Å². The average molecular weight is 300 g/mol. The van der Waals surface area contributed by atoms with Crippen molar-refractivity contribution < 1.29 is 9.90 Å². The van der Waals surface area contributed by atoms with Crippen LogP contribution in [0.5, 0.6) is 5.75 Å². The van der Waals surface area contributed by atoms with Crippen molar-refractivity contribution in [2.45, 2.75) is 6.42 Å². The summed E-state index contributed by atoms with van der Waals surface area (Å²) in [5, 5.41) is 24.3. The van der Waals surface area contributed by atoms with Gasteiger partial charge in [-0.05, 0) is 24.1 Å². The van der Waals surface area contributed by atoms with Crippen molar-refractivity contribution in [3.05, 3.63) is 41.6 Å². The van der Waals surface area contributed by atoms with Crippen LogP contribution in [0, 0.1) is 11.3 Å². The molecule has 1 amide bonds. The zero-order valence-electron chi connectivity index (χ0n) is 12.4. The maximum atomic E-state index is 12.0. The molecule has 1 fully saturated rings. The lowest BCUT2D eigenvalue weighted by Gasteiger charge is -2.26. The molecule has 6 nitrogen and oxygen atoms in total. The van der Waals surface area contributed by atoms with Gasteiger partial charge < -0.3 is 20.6 Å². The van der Waals surface area contributed by atoms with Crippen molar-refractivity contribution in [2.75, 3.05) is 32.7 Å². The van der Waals surface area contributed by atoms with E-state index in [1.54, 1.807) is 18.3 Å². The van der Waals surface area contributed by atoms with Crippen LogP contribution in [0.3, 0.4) is 0 Å². The first-order valence-electron chi connectivity index (χ1n) is 7.32. The summed E-state index contributed by atoms with van der Waals surface area (Å²) in [6, 6.07) is 8.80. The zero-order valence-corrected chi connectivity index (χ0v) is 12.4. The van der Waals surface area contributed by atoms with Gasteiger partial charge in [0.15, 0.2) is 0 Å². The first-order chi connectivity index (χ1) is 10.7. The smallest absolute Gasteiger partial charge is 0.263 e. The normalized spacial score (nSPS) is 15.2. The molecule has 0 unspecified atom stereocenters. The third-order valence-corrected chi connectivity index (χ3v) is 3.46. The lowest BCUT2D eigenvalue weighted by molar-refractivity contribution is -0.117. The predicted octanol–water partition coefficient (Wildman–Crippen LogP) is 0.364. The predicted molar refractivity (Wildman–Crippen MR) is 83.0 cm³/mol. The number of nitrogens with one attached hydrogen (secondary N) is 2. The SMILES string of the molecule is N#C/C(=C/N1CCNCC1)C(=O)NCCc1ccc(O)cc1. The maximum Gasteiger partial charge on any atom is 0.263 e. The van der Waals surface area contributed by atoms with E-state index in [2.05, 4.69) is 10.6 Å². The molecule has 0 spiro atoms. The van der Waals surface area contributed by atoms with E-state index >= 15 is 0 Å². The molecule has 0 saturated carbocycles. The van der Waals surface area contributed by atoms with E-state index in [4.69, 9.17) is 5.26 Å². The lowest BCUT2D eigenvalue weighted by atomic mass is 10.1. The van der Waals surface area contributed by atoms with Crippen LogP contribution in [0.4, 0.5) is 0 Å². The lowest BCUT2D eigenvalue weighted by Crippen LogP contribution is -2.41. The summed E-state index contributed by atoms with van der Waals surface area (Å²) in [5.41, 5.74) is 1.15. The molecule has 3 N–H and O–H groups in total. The van der Waals surface area contributed by atoms with Gasteiger partial charge in [0.2, 0.25) is 0 Å². The quantitative estimate of drug-likeness (QED) is 0.540. The molecule has 116 valence electrons. The van der Waals surface area contributed by atoms with E-state index in [9.17, 15) is 9.90 Å². The van der Waals surface area contributed by atoms with Crippen molar-refractivity contribution in [1.82, 2.24) is 15.5 Å². The monoisotopic (exact) mass is 300 g/mol. The van der Waals surface area contributed by atoms with E-state index in [1.807, 2.05) is 23.1 Å². The molecular weight excluding hydrogens is 280 g/mol. The highest BCUT2D eigenvalue weighted by molar-refractivity contribution is 5.97. The molecule has 0 aliphatic carbocycles. The van der Waals surface area contributed by atoms with Crippen molar-refractivity contribution >= 4 is 5.91 Å². The van der Waals surface area contributed by atoms with E-state index in [1.165, 1.54) is 0 Å². The minimum Gasteiger partial charge on any atom is -0.508 e. The summed E-state index contributed by atoms with van der Waals surface area (Å²) in [4.78, 5) is 14.0. The second kappa shape index (κ2) is 8.05. The Morgan fingerprint density at radius 3 is 2.68 bits per heavy atom. The number of nitrogens with zero attached hydrogens (tertiary/aromatic N) is 2. The number of phenolic OH excluding ortho intramolecular Hbond substituents is 1. The average Bonchev–Trinajstić information content (AvgIpc) is 2.55. The Morgan fingerprint density at radius 1 is 1.36 bits per heavy atom. The molecule has 2 rings (SSSR count). The molecule has 1 aromatic carbocycles. The van der Waals surface area contributed by atoms with E-state index in [0.717, 1.165) is 31.7 Å². The Bertz CT molecular complexity index is 569. The van der Waals surface area contributed by atoms with Crippen LogP contribution >= 0.6 is 0 Å². The Kier molecular flexibility index (Phi) is 5.81. The molecular formula is C16H20N4O2. The molecule has 1 aliphatic rings. The van der Waals surface area contributed by atoms with Crippen LogP contribution in [0.2, 0.25) is 0 Å². The number of phenols is 1. The fourth-order valence-electron chi connectivity index (χ4n) is 2.21. The van der Waals surface area contributed by atoms with E-state index < -0.39 is 0 Å². The number of rotatable bonds is 5. The number of piperazine rings is 1. The third kappa shape index (κ3) is 4.79. The number of carbonyl (C=O) groups is 1. The Balaban J connectivity index is 1.83. The van der Waals surface area contributed by atoms with Gasteiger partial charge in [-0.25, -0.2) is 0 Å². The molecule has 1 heterocycles. The van der Waals surface area contributed by atoms with E-state index in [-0.39, 0.29) is 17.2 Å². The van der Waals surface area contributed by atoms with Crippen molar-refractivity contribution in [1.29, 1.82) is 5.26 Å². The second-order valence-corrected chi connectivity index (χ2v) is 5.11. The van der Waals surface area contributed by atoms with Gasteiger partial charge in [-0.15, -0.1) is 0 Å². The highest BCUT2D eigenvalue weighted by Gasteiger charge is 2.12. The summed E-state index contributed by atoms with van der Waals surface area (Å²) in [6.45, 7) is 3.76. The fourth-order valence-corrected chi connectivity index (χ4v) is 2.21. The van der Waals surface area contributed by atoms with Crippen molar-refractivity contribution in [3.8, 4) is 11.8 Å². The van der Waals surface area contributed by atoms with Gasteiger partial charge in [-0.2, -0.15) is 5.26 Å². The highest BCUT2D eigenvalue weighted by atomic mass is 16.3. The van der Waals surface area contributed by atoms with Gasteiger partial charge in [0.25, 0.3) is 5.91 Å².